The number of nitrogens with one attached hydrogen (secondary N) is 1. The Morgan fingerprint density at radius 3 is 2.22 bits per heavy atom. The molecule has 0 saturated carbocycles. The molecule has 0 spiro atoms. The molecule has 3 heteroatoms. The summed E-state index contributed by atoms with van der Waals surface area (Å²) in [5, 5.41) is 3.51. The molecule has 0 aliphatic carbocycles. The first kappa shape index (κ1) is 15.0. The molecule has 0 fully saturated rings. The second-order valence-corrected chi connectivity index (χ2v) is 5.21. The van der Waals surface area contributed by atoms with E-state index in [4.69, 9.17) is 4.74 Å². The van der Waals surface area contributed by atoms with Gasteiger partial charge in [0, 0.05) is 19.1 Å². The minimum Gasteiger partial charge on any atom is -0.491 e. The third-order valence-electron chi connectivity index (χ3n) is 2.76. The van der Waals surface area contributed by atoms with E-state index in [2.05, 4.69) is 43.4 Å². The largest absolute Gasteiger partial charge is 0.491 e. The predicted molar refractivity (Wildman–Crippen MR) is 77.2 cm³/mol. The number of nitrogens with zero attached hydrogens (tertiary/aromatic N) is 1. The lowest BCUT2D eigenvalue weighted by atomic mass is 10.1. The van der Waals surface area contributed by atoms with Crippen molar-refractivity contribution >= 4 is 0 Å². The molecule has 0 aliphatic heterocycles. The number of hydrogen-bond acceptors (Lipinski definition) is 3. The molecule has 0 aromatic heterocycles. The maximum atomic E-state index is 5.63. The van der Waals surface area contributed by atoms with Crippen LogP contribution in [0.4, 0.5) is 0 Å². The highest BCUT2D eigenvalue weighted by molar-refractivity contribution is 5.29. The van der Waals surface area contributed by atoms with Crippen molar-refractivity contribution in [1.29, 1.82) is 0 Å². The summed E-state index contributed by atoms with van der Waals surface area (Å²) in [6, 6.07) is 8.72. The van der Waals surface area contributed by atoms with Gasteiger partial charge in [-0.1, -0.05) is 12.1 Å². The molecule has 1 aromatic rings. The van der Waals surface area contributed by atoms with E-state index in [9.17, 15) is 0 Å². The number of benzene rings is 1. The summed E-state index contributed by atoms with van der Waals surface area (Å²) in [4.78, 5) is 2.18. The van der Waals surface area contributed by atoms with Gasteiger partial charge in [-0.2, -0.15) is 0 Å². The standard InChI is InChI=1S/C15H26N2O/c1-12(2)18-15-8-6-14(7-9-15)13(3)16-10-11-17(4)5/h6-9,12-13,16H,10-11H2,1-5H3. The van der Waals surface area contributed by atoms with Crippen molar-refractivity contribution in [2.45, 2.75) is 32.9 Å². The van der Waals surface area contributed by atoms with Gasteiger partial charge in [0.05, 0.1) is 6.10 Å². The van der Waals surface area contributed by atoms with Crippen LogP contribution in [-0.4, -0.2) is 38.2 Å². The smallest absolute Gasteiger partial charge is 0.119 e. The van der Waals surface area contributed by atoms with E-state index in [0.29, 0.717) is 6.04 Å². The van der Waals surface area contributed by atoms with Gasteiger partial charge >= 0.3 is 0 Å². The normalized spacial score (nSPS) is 13.1. The van der Waals surface area contributed by atoms with E-state index in [1.807, 2.05) is 26.0 Å². The fourth-order valence-corrected chi connectivity index (χ4v) is 1.73. The van der Waals surface area contributed by atoms with Crippen LogP contribution in [-0.2, 0) is 0 Å². The van der Waals surface area contributed by atoms with Crippen LogP contribution in [0.5, 0.6) is 5.75 Å². The quantitative estimate of drug-likeness (QED) is 0.805. The molecule has 1 unspecified atom stereocenters. The monoisotopic (exact) mass is 250 g/mol. The van der Waals surface area contributed by atoms with Gasteiger partial charge < -0.3 is 15.0 Å². The Morgan fingerprint density at radius 2 is 1.72 bits per heavy atom. The van der Waals surface area contributed by atoms with E-state index in [0.717, 1.165) is 18.8 Å². The zero-order chi connectivity index (χ0) is 13.5. The molecule has 0 radical (unpaired) electrons. The highest BCUT2D eigenvalue weighted by Gasteiger charge is 2.05. The van der Waals surface area contributed by atoms with Crippen molar-refractivity contribution in [2.75, 3.05) is 27.2 Å². The third kappa shape index (κ3) is 5.52. The van der Waals surface area contributed by atoms with Gasteiger partial charge in [0.2, 0.25) is 0 Å². The lowest BCUT2D eigenvalue weighted by Crippen LogP contribution is -2.28. The van der Waals surface area contributed by atoms with Crippen LogP contribution in [0.1, 0.15) is 32.4 Å². The fraction of sp³-hybridized carbons (Fsp3) is 0.600. The van der Waals surface area contributed by atoms with Crippen molar-refractivity contribution in [3.8, 4) is 5.75 Å². The average Bonchev–Trinajstić information content (AvgIpc) is 2.28. The molecule has 0 heterocycles. The van der Waals surface area contributed by atoms with Crippen molar-refractivity contribution in [3.05, 3.63) is 29.8 Å². The number of hydrogen-bond donors (Lipinski definition) is 1. The van der Waals surface area contributed by atoms with Crippen LogP contribution in [0, 0.1) is 0 Å². The molecule has 0 bridgehead atoms. The summed E-state index contributed by atoms with van der Waals surface area (Å²) in [5.41, 5.74) is 1.30. The van der Waals surface area contributed by atoms with Gasteiger partial charge in [-0.15, -0.1) is 0 Å². The predicted octanol–water partition coefficient (Wildman–Crippen LogP) is 2.69. The summed E-state index contributed by atoms with van der Waals surface area (Å²) in [6.45, 7) is 8.32. The molecule has 1 N–H and O–H groups in total. The zero-order valence-electron chi connectivity index (χ0n) is 12.2. The lowest BCUT2D eigenvalue weighted by Gasteiger charge is -2.17. The summed E-state index contributed by atoms with van der Waals surface area (Å²) >= 11 is 0. The Labute approximate surface area is 111 Å². The van der Waals surface area contributed by atoms with Crippen molar-refractivity contribution in [1.82, 2.24) is 10.2 Å². The highest BCUT2D eigenvalue weighted by atomic mass is 16.5. The Kier molecular flexibility index (Phi) is 6.16. The van der Waals surface area contributed by atoms with Crippen LogP contribution < -0.4 is 10.1 Å². The summed E-state index contributed by atoms with van der Waals surface area (Å²) < 4.78 is 5.63. The fourth-order valence-electron chi connectivity index (χ4n) is 1.73. The van der Waals surface area contributed by atoms with Crippen molar-refractivity contribution < 1.29 is 4.74 Å². The number of likely N-dealkylation sites (N-methyl/N-ethyl adjacent to an activating group) is 1. The van der Waals surface area contributed by atoms with Crippen molar-refractivity contribution in [3.63, 3.8) is 0 Å². The van der Waals surface area contributed by atoms with Crippen LogP contribution >= 0.6 is 0 Å². The highest BCUT2D eigenvalue weighted by Crippen LogP contribution is 2.18. The Hall–Kier alpha value is -1.06. The molecule has 0 aliphatic rings. The second kappa shape index (κ2) is 7.39. The molecule has 0 saturated heterocycles. The lowest BCUT2D eigenvalue weighted by molar-refractivity contribution is 0.242. The van der Waals surface area contributed by atoms with E-state index in [-0.39, 0.29) is 6.10 Å². The molecule has 18 heavy (non-hydrogen) atoms. The van der Waals surface area contributed by atoms with Crippen molar-refractivity contribution in [2.24, 2.45) is 0 Å². The second-order valence-electron chi connectivity index (χ2n) is 5.21. The molecule has 1 aromatic carbocycles. The van der Waals surface area contributed by atoms with Crippen LogP contribution in [0.25, 0.3) is 0 Å². The topological polar surface area (TPSA) is 24.5 Å². The van der Waals surface area contributed by atoms with Gasteiger partial charge in [-0.3, -0.25) is 0 Å². The van der Waals surface area contributed by atoms with Gasteiger partial charge in [0.15, 0.2) is 0 Å². The van der Waals surface area contributed by atoms with Gasteiger partial charge in [0.25, 0.3) is 0 Å². The minimum absolute atomic E-state index is 0.228. The Balaban J connectivity index is 2.46. The molecule has 1 atom stereocenters. The molecule has 3 nitrogen and oxygen atoms in total. The van der Waals surface area contributed by atoms with Crippen LogP contribution in [0.3, 0.4) is 0 Å². The molecule has 102 valence electrons. The summed E-state index contributed by atoms with van der Waals surface area (Å²) in [6.07, 6.45) is 0.228. The zero-order valence-corrected chi connectivity index (χ0v) is 12.2. The van der Waals surface area contributed by atoms with E-state index in [1.165, 1.54) is 5.56 Å². The summed E-state index contributed by atoms with van der Waals surface area (Å²) in [7, 11) is 4.18. The van der Waals surface area contributed by atoms with Crippen LogP contribution in [0.2, 0.25) is 0 Å². The Bertz CT molecular complexity index is 333. The first-order valence-corrected chi connectivity index (χ1v) is 6.63. The van der Waals surface area contributed by atoms with Gasteiger partial charge in [-0.25, -0.2) is 0 Å². The number of ether oxygens (including phenoxy) is 1. The average molecular weight is 250 g/mol. The van der Waals surface area contributed by atoms with E-state index in [1.54, 1.807) is 0 Å². The van der Waals surface area contributed by atoms with Gasteiger partial charge in [0.1, 0.15) is 5.75 Å². The molecule has 0 amide bonds. The van der Waals surface area contributed by atoms with Crippen LogP contribution in [0.15, 0.2) is 24.3 Å². The Morgan fingerprint density at radius 1 is 1.11 bits per heavy atom. The third-order valence-corrected chi connectivity index (χ3v) is 2.76. The number of rotatable bonds is 7. The van der Waals surface area contributed by atoms with E-state index >= 15 is 0 Å². The van der Waals surface area contributed by atoms with E-state index < -0.39 is 0 Å². The molecule has 1 rings (SSSR count). The maximum absolute atomic E-state index is 5.63. The molecular weight excluding hydrogens is 224 g/mol. The summed E-state index contributed by atoms with van der Waals surface area (Å²) in [5.74, 6) is 0.939. The first-order valence-electron chi connectivity index (χ1n) is 6.63. The molecular formula is C15H26N2O. The maximum Gasteiger partial charge on any atom is 0.119 e. The first-order chi connectivity index (χ1) is 8.49. The minimum atomic E-state index is 0.228. The van der Waals surface area contributed by atoms with Gasteiger partial charge in [-0.05, 0) is 52.6 Å². The SMILES string of the molecule is CC(C)Oc1ccc(C(C)NCCN(C)C)cc1.